The maximum Gasteiger partial charge on any atom is 0.416 e. The quantitative estimate of drug-likeness (QED) is 0.413. The molecule has 0 aliphatic heterocycles. The minimum atomic E-state index is -4.63. The Morgan fingerprint density at radius 2 is 1.83 bits per heavy atom. The number of aryl methyl sites for hydroxylation is 1. The zero-order valence-corrected chi connectivity index (χ0v) is 18.5. The summed E-state index contributed by atoms with van der Waals surface area (Å²) >= 11 is 0. The molecule has 10 nitrogen and oxygen atoms in total. The first-order valence-corrected chi connectivity index (χ1v) is 10.2. The highest BCUT2D eigenvalue weighted by molar-refractivity contribution is 5.92. The Hall–Kier alpha value is -4.55. The summed E-state index contributed by atoms with van der Waals surface area (Å²) in [7, 11) is 1.68. The molecule has 0 spiro atoms. The minimum absolute atomic E-state index is 0.0671. The van der Waals surface area contributed by atoms with Crippen molar-refractivity contribution >= 4 is 11.6 Å². The van der Waals surface area contributed by atoms with Crippen LogP contribution >= 0.6 is 0 Å². The van der Waals surface area contributed by atoms with Gasteiger partial charge >= 0.3 is 6.18 Å². The van der Waals surface area contributed by atoms with Gasteiger partial charge in [0.25, 0.3) is 11.5 Å². The number of anilines is 1. The summed E-state index contributed by atoms with van der Waals surface area (Å²) in [5.74, 6) is -1.80. The first-order valence-electron chi connectivity index (χ1n) is 10.2. The fourth-order valence-corrected chi connectivity index (χ4v) is 3.68. The Balaban J connectivity index is 1.83. The molecule has 35 heavy (non-hydrogen) atoms. The van der Waals surface area contributed by atoms with Crippen molar-refractivity contribution in [2.75, 3.05) is 5.73 Å². The number of rotatable bonds is 5. The van der Waals surface area contributed by atoms with Crippen molar-refractivity contribution in [3.8, 4) is 16.9 Å². The lowest BCUT2D eigenvalue weighted by atomic mass is 9.90. The smallest absolute Gasteiger partial charge is 0.399 e. The summed E-state index contributed by atoms with van der Waals surface area (Å²) in [6.45, 7) is 1.53. The Morgan fingerprint density at radius 3 is 2.46 bits per heavy atom. The van der Waals surface area contributed by atoms with E-state index in [0.29, 0.717) is 11.3 Å². The maximum absolute atomic E-state index is 13.3. The van der Waals surface area contributed by atoms with E-state index in [9.17, 15) is 22.8 Å². The van der Waals surface area contributed by atoms with E-state index in [1.54, 1.807) is 13.1 Å². The molecular formula is C22H19F3N8O2. The van der Waals surface area contributed by atoms with E-state index in [1.807, 2.05) is 0 Å². The summed E-state index contributed by atoms with van der Waals surface area (Å²) < 4.78 is 42.3. The SMILES string of the molecule is CC(c1cc(N)cc(C(F)(F)F)c1)c1cc(=O)n(-c2cncc(-c3cnnn3C)c2)nc1C(N)=O. The molecule has 0 bridgehead atoms. The molecule has 0 aliphatic carbocycles. The zero-order valence-electron chi connectivity index (χ0n) is 18.5. The van der Waals surface area contributed by atoms with E-state index >= 15 is 0 Å². The summed E-state index contributed by atoms with van der Waals surface area (Å²) in [5.41, 5.74) is 10.9. The van der Waals surface area contributed by atoms with Crippen LogP contribution in [0.25, 0.3) is 16.9 Å². The molecule has 3 heterocycles. The number of pyridine rings is 1. The van der Waals surface area contributed by atoms with Gasteiger partial charge in [0, 0.05) is 36.5 Å². The van der Waals surface area contributed by atoms with Gasteiger partial charge in [-0.1, -0.05) is 12.1 Å². The number of nitrogens with zero attached hydrogens (tertiary/aromatic N) is 6. The number of hydrogen-bond acceptors (Lipinski definition) is 7. The first kappa shape index (κ1) is 23.6. The van der Waals surface area contributed by atoms with Crippen molar-refractivity contribution in [2.24, 2.45) is 12.8 Å². The van der Waals surface area contributed by atoms with Crippen LogP contribution in [0, 0.1) is 0 Å². The second-order valence-electron chi connectivity index (χ2n) is 7.85. The Bertz CT molecular complexity index is 1490. The molecule has 0 radical (unpaired) electrons. The van der Waals surface area contributed by atoms with Crippen LogP contribution in [-0.2, 0) is 13.2 Å². The first-order chi connectivity index (χ1) is 16.5. The Morgan fingerprint density at radius 1 is 1.09 bits per heavy atom. The number of aromatic nitrogens is 6. The molecule has 13 heteroatoms. The molecule has 1 aromatic carbocycles. The van der Waals surface area contributed by atoms with Crippen molar-refractivity contribution in [3.05, 3.63) is 81.7 Å². The van der Waals surface area contributed by atoms with Crippen LogP contribution in [0.4, 0.5) is 18.9 Å². The summed E-state index contributed by atoms with van der Waals surface area (Å²) in [6.07, 6.45) is -0.212. The van der Waals surface area contributed by atoms with Gasteiger partial charge in [0.2, 0.25) is 0 Å². The topological polar surface area (TPSA) is 148 Å². The molecule has 4 rings (SSSR count). The molecule has 0 saturated carbocycles. The number of amides is 1. The number of nitrogens with two attached hydrogens (primary N) is 2. The third-order valence-electron chi connectivity index (χ3n) is 5.44. The highest BCUT2D eigenvalue weighted by Crippen LogP contribution is 2.35. The molecule has 180 valence electrons. The van der Waals surface area contributed by atoms with Gasteiger partial charge in [-0.3, -0.25) is 14.6 Å². The second kappa shape index (κ2) is 8.66. The number of primary amides is 1. The van der Waals surface area contributed by atoms with Gasteiger partial charge < -0.3 is 11.5 Å². The lowest BCUT2D eigenvalue weighted by Gasteiger charge is -2.18. The van der Waals surface area contributed by atoms with Crippen LogP contribution in [0.15, 0.2) is 53.7 Å². The molecule has 1 atom stereocenters. The van der Waals surface area contributed by atoms with Gasteiger partial charge in [-0.2, -0.15) is 23.0 Å². The average molecular weight is 484 g/mol. The van der Waals surface area contributed by atoms with Gasteiger partial charge in [-0.05, 0) is 35.4 Å². The highest BCUT2D eigenvalue weighted by atomic mass is 19.4. The molecule has 4 aromatic rings. The number of hydrogen-bond donors (Lipinski definition) is 2. The van der Waals surface area contributed by atoms with Crippen LogP contribution in [-0.4, -0.2) is 35.7 Å². The number of carbonyl (C=O) groups is 1. The summed E-state index contributed by atoms with van der Waals surface area (Å²) in [5, 5.41) is 11.8. The predicted octanol–water partition coefficient (Wildman–Crippen LogP) is 2.27. The van der Waals surface area contributed by atoms with Gasteiger partial charge in [-0.15, -0.1) is 5.10 Å². The molecule has 0 fully saturated rings. The number of carbonyl (C=O) groups excluding carboxylic acids is 1. The maximum atomic E-state index is 13.3. The fraction of sp³-hybridized carbons (Fsp3) is 0.182. The van der Waals surface area contributed by atoms with Crippen LogP contribution in [0.5, 0.6) is 0 Å². The minimum Gasteiger partial charge on any atom is -0.399 e. The molecule has 1 amide bonds. The lowest BCUT2D eigenvalue weighted by Crippen LogP contribution is -2.28. The number of benzene rings is 1. The van der Waals surface area contributed by atoms with E-state index in [2.05, 4.69) is 20.4 Å². The molecule has 1 unspecified atom stereocenters. The number of nitrogen functional groups attached to an aromatic ring is 1. The van der Waals surface area contributed by atoms with Crippen molar-refractivity contribution in [1.29, 1.82) is 0 Å². The van der Waals surface area contributed by atoms with E-state index in [1.165, 1.54) is 36.3 Å². The zero-order chi connectivity index (χ0) is 25.5. The highest BCUT2D eigenvalue weighted by Gasteiger charge is 2.32. The van der Waals surface area contributed by atoms with Gasteiger partial charge in [0.15, 0.2) is 5.69 Å². The largest absolute Gasteiger partial charge is 0.416 e. The molecule has 0 aliphatic rings. The Labute approximate surface area is 196 Å². The van der Waals surface area contributed by atoms with Gasteiger partial charge in [-0.25, -0.2) is 4.68 Å². The monoisotopic (exact) mass is 484 g/mol. The summed E-state index contributed by atoms with van der Waals surface area (Å²) in [4.78, 5) is 29.4. The van der Waals surface area contributed by atoms with E-state index in [4.69, 9.17) is 11.5 Å². The van der Waals surface area contributed by atoms with Crippen LogP contribution < -0.4 is 17.0 Å². The average Bonchev–Trinajstić information content (AvgIpc) is 3.23. The van der Waals surface area contributed by atoms with Gasteiger partial charge in [0.1, 0.15) is 0 Å². The second-order valence-corrected chi connectivity index (χ2v) is 7.85. The van der Waals surface area contributed by atoms with Crippen molar-refractivity contribution in [3.63, 3.8) is 0 Å². The summed E-state index contributed by atoms with van der Waals surface area (Å²) in [6, 6.07) is 5.77. The molecule has 3 aromatic heterocycles. The Kier molecular flexibility index (Phi) is 5.84. The van der Waals surface area contributed by atoms with Crippen LogP contribution in [0.2, 0.25) is 0 Å². The van der Waals surface area contributed by atoms with Gasteiger partial charge in [0.05, 0.1) is 29.3 Å². The van der Waals surface area contributed by atoms with Crippen molar-refractivity contribution < 1.29 is 18.0 Å². The predicted molar refractivity (Wildman–Crippen MR) is 120 cm³/mol. The number of halogens is 3. The van der Waals surface area contributed by atoms with E-state index in [-0.39, 0.29) is 28.2 Å². The van der Waals surface area contributed by atoms with Crippen LogP contribution in [0.1, 0.15) is 40.0 Å². The van der Waals surface area contributed by atoms with Crippen molar-refractivity contribution in [2.45, 2.75) is 19.0 Å². The fourth-order valence-electron chi connectivity index (χ4n) is 3.68. The lowest BCUT2D eigenvalue weighted by molar-refractivity contribution is -0.137. The van der Waals surface area contributed by atoms with E-state index < -0.39 is 29.1 Å². The molecular weight excluding hydrogens is 465 g/mol. The normalized spacial score (nSPS) is 12.5. The third-order valence-corrected chi connectivity index (χ3v) is 5.44. The standard InChI is InChI=1S/C22H19F3N8O2/c1-11(12-3-14(22(23,24)25)6-15(26)4-12)17-7-19(34)33(30-20(17)21(27)35)16-5-13(8-28-9-16)18-10-29-31-32(18)2/h3-11H,26H2,1-2H3,(H2,27,35). The molecule has 0 saturated heterocycles. The van der Waals surface area contributed by atoms with E-state index in [0.717, 1.165) is 22.9 Å². The van der Waals surface area contributed by atoms with Crippen molar-refractivity contribution in [1.82, 2.24) is 29.8 Å². The molecule has 4 N–H and O–H groups in total. The number of alkyl halides is 3. The van der Waals surface area contributed by atoms with Crippen LogP contribution in [0.3, 0.4) is 0 Å². The third kappa shape index (κ3) is 4.60.